The van der Waals surface area contributed by atoms with Crippen LogP contribution in [0.3, 0.4) is 0 Å². The van der Waals surface area contributed by atoms with Gasteiger partial charge in [-0.05, 0) is 62.2 Å². The Hall–Kier alpha value is -2.86. The molecular formula is C22H24ClN3O3. The lowest BCUT2D eigenvalue weighted by atomic mass is 10.2. The Morgan fingerprint density at radius 3 is 2.62 bits per heavy atom. The van der Waals surface area contributed by atoms with Crippen molar-refractivity contribution in [1.82, 2.24) is 15.1 Å². The van der Waals surface area contributed by atoms with Gasteiger partial charge in [0.15, 0.2) is 6.61 Å². The molecule has 0 saturated heterocycles. The van der Waals surface area contributed by atoms with Crippen molar-refractivity contribution in [3.8, 4) is 17.2 Å². The van der Waals surface area contributed by atoms with Crippen LogP contribution in [0, 0.1) is 0 Å². The molecule has 1 heterocycles. The van der Waals surface area contributed by atoms with Gasteiger partial charge in [-0.2, -0.15) is 0 Å². The van der Waals surface area contributed by atoms with E-state index in [4.69, 9.17) is 20.8 Å². The van der Waals surface area contributed by atoms with Crippen LogP contribution in [0.25, 0.3) is 11.5 Å². The zero-order valence-corrected chi connectivity index (χ0v) is 17.5. The van der Waals surface area contributed by atoms with Crippen molar-refractivity contribution < 1.29 is 13.9 Å². The maximum atomic E-state index is 12.7. The molecule has 0 aliphatic heterocycles. The van der Waals surface area contributed by atoms with Crippen LogP contribution in [0.1, 0.15) is 32.2 Å². The Morgan fingerprint density at radius 2 is 1.93 bits per heavy atom. The molecule has 0 spiro atoms. The van der Waals surface area contributed by atoms with E-state index in [-0.39, 0.29) is 25.1 Å². The van der Waals surface area contributed by atoms with Gasteiger partial charge in [-0.25, -0.2) is 0 Å². The Morgan fingerprint density at radius 1 is 1.17 bits per heavy atom. The quantitative estimate of drug-likeness (QED) is 0.532. The molecule has 0 saturated carbocycles. The SMILES string of the molecule is CCc1cccc(OCC(=O)N(Cc2nnc(-c3ccc(Cl)cc3)o2)C(C)C)c1. The van der Waals surface area contributed by atoms with E-state index in [1.807, 2.05) is 50.2 Å². The highest BCUT2D eigenvalue weighted by Crippen LogP contribution is 2.21. The van der Waals surface area contributed by atoms with Gasteiger partial charge in [-0.15, -0.1) is 10.2 Å². The van der Waals surface area contributed by atoms with Crippen molar-refractivity contribution in [3.63, 3.8) is 0 Å². The molecule has 2 aromatic carbocycles. The number of rotatable bonds is 8. The maximum absolute atomic E-state index is 12.7. The number of ether oxygens (including phenoxy) is 1. The summed E-state index contributed by atoms with van der Waals surface area (Å²) in [4.78, 5) is 14.4. The molecule has 3 rings (SSSR count). The number of aromatic nitrogens is 2. The summed E-state index contributed by atoms with van der Waals surface area (Å²) in [5, 5.41) is 8.78. The summed E-state index contributed by atoms with van der Waals surface area (Å²) >= 11 is 5.91. The first-order valence-electron chi connectivity index (χ1n) is 9.55. The minimum Gasteiger partial charge on any atom is -0.484 e. The van der Waals surface area contributed by atoms with Crippen LogP contribution in [0.2, 0.25) is 5.02 Å². The first kappa shape index (κ1) is 20.9. The predicted molar refractivity (Wildman–Crippen MR) is 112 cm³/mol. The standard InChI is InChI=1S/C22H24ClN3O3/c1-4-16-6-5-7-19(12-16)28-14-21(27)26(15(2)3)13-20-24-25-22(29-20)17-8-10-18(23)11-9-17/h5-12,15H,4,13-14H2,1-3H3. The van der Waals surface area contributed by atoms with E-state index >= 15 is 0 Å². The van der Waals surface area contributed by atoms with Crippen LogP contribution in [0.15, 0.2) is 52.9 Å². The average Bonchev–Trinajstić information content (AvgIpc) is 3.19. The van der Waals surface area contributed by atoms with Gasteiger partial charge in [0.05, 0.1) is 6.54 Å². The molecule has 6 nitrogen and oxygen atoms in total. The second kappa shape index (κ2) is 9.56. The summed E-state index contributed by atoms with van der Waals surface area (Å²) in [5.74, 6) is 1.29. The van der Waals surface area contributed by atoms with Crippen LogP contribution < -0.4 is 4.74 Å². The number of nitrogens with zero attached hydrogens (tertiary/aromatic N) is 3. The fourth-order valence-electron chi connectivity index (χ4n) is 2.81. The number of benzene rings is 2. The molecule has 3 aromatic rings. The van der Waals surface area contributed by atoms with Crippen LogP contribution in [-0.2, 0) is 17.8 Å². The number of amides is 1. The smallest absolute Gasteiger partial charge is 0.261 e. The number of hydrogen-bond donors (Lipinski definition) is 0. The second-order valence-corrected chi connectivity index (χ2v) is 7.35. The predicted octanol–water partition coefficient (Wildman–Crippen LogP) is 4.77. The first-order chi connectivity index (χ1) is 14.0. The summed E-state index contributed by atoms with van der Waals surface area (Å²) in [6.45, 7) is 6.12. The monoisotopic (exact) mass is 413 g/mol. The van der Waals surface area contributed by atoms with E-state index in [9.17, 15) is 4.79 Å². The molecule has 1 amide bonds. The number of carbonyl (C=O) groups excluding carboxylic acids is 1. The van der Waals surface area contributed by atoms with Gasteiger partial charge in [0, 0.05) is 16.6 Å². The van der Waals surface area contributed by atoms with Crippen LogP contribution in [-0.4, -0.2) is 33.7 Å². The largest absolute Gasteiger partial charge is 0.484 e. The molecule has 0 aliphatic carbocycles. The normalized spacial score (nSPS) is 10.9. The van der Waals surface area contributed by atoms with Crippen LogP contribution in [0.4, 0.5) is 0 Å². The molecule has 152 valence electrons. The number of hydrogen-bond acceptors (Lipinski definition) is 5. The second-order valence-electron chi connectivity index (χ2n) is 6.91. The average molecular weight is 414 g/mol. The highest BCUT2D eigenvalue weighted by Gasteiger charge is 2.21. The first-order valence-corrected chi connectivity index (χ1v) is 9.93. The fourth-order valence-corrected chi connectivity index (χ4v) is 2.94. The van der Waals surface area contributed by atoms with Crippen molar-refractivity contribution in [1.29, 1.82) is 0 Å². The Balaban J connectivity index is 1.65. The third kappa shape index (κ3) is 5.57. The Kier molecular flexibility index (Phi) is 6.88. The van der Waals surface area contributed by atoms with Crippen molar-refractivity contribution in [2.45, 2.75) is 39.8 Å². The highest BCUT2D eigenvalue weighted by atomic mass is 35.5. The molecule has 0 radical (unpaired) electrons. The Labute approximate surface area is 175 Å². The van der Waals surface area contributed by atoms with Gasteiger partial charge in [0.2, 0.25) is 11.8 Å². The number of carbonyl (C=O) groups is 1. The number of aryl methyl sites for hydroxylation is 1. The zero-order chi connectivity index (χ0) is 20.8. The van der Waals surface area contributed by atoms with Crippen molar-refractivity contribution in [3.05, 3.63) is 65.0 Å². The highest BCUT2D eigenvalue weighted by molar-refractivity contribution is 6.30. The third-order valence-electron chi connectivity index (χ3n) is 4.48. The summed E-state index contributed by atoms with van der Waals surface area (Å²) in [6, 6.07) is 14.8. The van der Waals surface area contributed by atoms with Gasteiger partial charge in [-0.1, -0.05) is 30.7 Å². The van der Waals surface area contributed by atoms with Gasteiger partial charge in [0.1, 0.15) is 5.75 Å². The molecule has 1 aromatic heterocycles. The van der Waals surface area contributed by atoms with Gasteiger partial charge in [0.25, 0.3) is 5.91 Å². The van der Waals surface area contributed by atoms with E-state index in [1.54, 1.807) is 17.0 Å². The summed E-state index contributed by atoms with van der Waals surface area (Å²) in [5.41, 5.74) is 1.94. The van der Waals surface area contributed by atoms with Gasteiger partial charge < -0.3 is 14.1 Å². The summed E-state index contributed by atoms with van der Waals surface area (Å²) < 4.78 is 11.4. The van der Waals surface area contributed by atoms with Gasteiger partial charge in [-0.3, -0.25) is 4.79 Å². The van der Waals surface area contributed by atoms with Crippen molar-refractivity contribution in [2.24, 2.45) is 0 Å². The van der Waals surface area contributed by atoms with E-state index in [0.717, 1.165) is 17.5 Å². The molecule has 0 bridgehead atoms. The van der Waals surface area contributed by atoms with E-state index in [0.29, 0.717) is 22.6 Å². The fraction of sp³-hybridized carbons (Fsp3) is 0.318. The molecule has 0 atom stereocenters. The van der Waals surface area contributed by atoms with Crippen molar-refractivity contribution >= 4 is 17.5 Å². The lowest BCUT2D eigenvalue weighted by Gasteiger charge is -2.25. The van der Waals surface area contributed by atoms with E-state index in [2.05, 4.69) is 17.1 Å². The number of halogens is 1. The lowest BCUT2D eigenvalue weighted by Crippen LogP contribution is -2.39. The maximum Gasteiger partial charge on any atom is 0.261 e. The molecule has 0 aliphatic rings. The summed E-state index contributed by atoms with van der Waals surface area (Å²) in [6.07, 6.45) is 0.913. The summed E-state index contributed by atoms with van der Waals surface area (Å²) in [7, 11) is 0. The van der Waals surface area contributed by atoms with Gasteiger partial charge >= 0.3 is 0 Å². The third-order valence-corrected chi connectivity index (χ3v) is 4.73. The van der Waals surface area contributed by atoms with Crippen LogP contribution in [0.5, 0.6) is 5.75 Å². The molecule has 0 fully saturated rings. The minimum absolute atomic E-state index is 0.0426. The molecule has 0 N–H and O–H groups in total. The lowest BCUT2D eigenvalue weighted by molar-refractivity contribution is -0.136. The van der Waals surface area contributed by atoms with E-state index in [1.165, 1.54) is 0 Å². The zero-order valence-electron chi connectivity index (χ0n) is 16.8. The van der Waals surface area contributed by atoms with Crippen LogP contribution >= 0.6 is 11.6 Å². The van der Waals surface area contributed by atoms with E-state index < -0.39 is 0 Å². The topological polar surface area (TPSA) is 68.5 Å². The molecule has 29 heavy (non-hydrogen) atoms. The minimum atomic E-state index is -0.145. The van der Waals surface area contributed by atoms with Crippen molar-refractivity contribution in [2.75, 3.05) is 6.61 Å². The molecular weight excluding hydrogens is 390 g/mol. The molecule has 7 heteroatoms. The Bertz CT molecular complexity index is 954. The molecule has 0 unspecified atom stereocenters.